The zero-order valence-corrected chi connectivity index (χ0v) is 14.9. The van der Waals surface area contributed by atoms with Crippen molar-refractivity contribution in [2.24, 2.45) is 23.7 Å². The van der Waals surface area contributed by atoms with Gasteiger partial charge in [-0.2, -0.15) is 0 Å². The van der Waals surface area contributed by atoms with E-state index in [4.69, 9.17) is 14.2 Å². The van der Waals surface area contributed by atoms with Crippen molar-refractivity contribution in [3.63, 3.8) is 0 Å². The maximum absolute atomic E-state index is 12.9. The second-order valence-electron chi connectivity index (χ2n) is 8.11. The van der Waals surface area contributed by atoms with Crippen LogP contribution in [0.2, 0.25) is 0 Å². The summed E-state index contributed by atoms with van der Waals surface area (Å²) in [7, 11) is 4.12. The fourth-order valence-electron chi connectivity index (χ4n) is 4.75. The predicted molar refractivity (Wildman–Crippen MR) is 88.6 cm³/mol. The normalized spacial score (nSPS) is 40.7. The molecule has 0 aromatic rings. The van der Waals surface area contributed by atoms with Crippen LogP contribution in [0.1, 0.15) is 12.8 Å². The highest BCUT2D eigenvalue weighted by molar-refractivity contribution is 5.83. The second-order valence-corrected chi connectivity index (χ2v) is 8.11. The largest absolute Gasteiger partial charge is 0.381 e. The molecule has 136 valence electrons. The summed E-state index contributed by atoms with van der Waals surface area (Å²) in [4.78, 5) is 17.2. The van der Waals surface area contributed by atoms with E-state index in [0.717, 1.165) is 52.4 Å². The molecule has 0 N–H and O–H groups in total. The molecule has 2 saturated carbocycles. The summed E-state index contributed by atoms with van der Waals surface area (Å²) in [5.41, 5.74) is 0. The highest BCUT2D eigenvalue weighted by atomic mass is 16.5. The Balaban J connectivity index is 1.29. The van der Waals surface area contributed by atoms with Gasteiger partial charge in [0.1, 0.15) is 0 Å². The number of nitrogens with zero attached hydrogens (tertiary/aromatic N) is 2. The number of hydrogen-bond acceptors (Lipinski definition) is 5. The fourth-order valence-corrected chi connectivity index (χ4v) is 4.75. The third-order valence-corrected chi connectivity index (χ3v) is 6.19. The number of carbonyl (C=O) groups is 1. The highest BCUT2D eigenvalue weighted by Gasteiger charge is 2.60. The molecule has 2 saturated heterocycles. The van der Waals surface area contributed by atoms with Crippen LogP contribution in [0.15, 0.2) is 0 Å². The maximum atomic E-state index is 12.9. The number of amides is 1. The van der Waals surface area contributed by atoms with Crippen LogP contribution < -0.4 is 0 Å². The van der Waals surface area contributed by atoms with Gasteiger partial charge in [0, 0.05) is 25.6 Å². The van der Waals surface area contributed by atoms with E-state index in [1.807, 2.05) is 0 Å². The summed E-state index contributed by atoms with van der Waals surface area (Å²) in [6.07, 6.45) is 2.26. The molecule has 0 bridgehead atoms. The molecule has 6 nitrogen and oxygen atoms in total. The number of fused-ring (bicyclic) bond motifs is 2. The zero-order chi connectivity index (χ0) is 16.7. The Morgan fingerprint density at radius 3 is 2.79 bits per heavy atom. The Morgan fingerprint density at radius 2 is 2.04 bits per heavy atom. The van der Waals surface area contributed by atoms with Crippen LogP contribution in [-0.4, -0.2) is 88.1 Å². The van der Waals surface area contributed by atoms with E-state index in [0.29, 0.717) is 30.3 Å². The van der Waals surface area contributed by atoms with E-state index < -0.39 is 0 Å². The first-order valence-corrected chi connectivity index (χ1v) is 9.37. The lowest BCUT2D eigenvalue weighted by molar-refractivity contribution is -0.146. The molecule has 2 heterocycles. The van der Waals surface area contributed by atoms with E-state index in [9.17, 15) is 4.79 Å². The number of rotatable bonds is 6. The molecule has 0 spiro atoms. The second kappa shape index (κ2) is 6.90. The fraction of sp³-hybridized carbons (Fsp3) is 0.944. The molecule has 2 aliphatic carbocycles. The van der Waals surface area contributed by atoms with E-state index in [1.165, 1.54) is 0 Å². The van der Waals surface area contributed by atoms with Crippen LogP contribution in [0.3, 0.4) is 0 Å². The van der Waals surface area contributed by atoms with Crippen LogP contribution in [0.5, 0.6) is 0 Å². The van der Waals surface area contributed by atoms with E-state index in [2.05, 4.69) is 23.9 Å². The predicted octanol–water partition coefficient (Wildman–Crippen LogP) is 0.463. The first kappa shape index (κ1) is 16.8. The minimum Gasteiger partial charge on any atom is -0.381 e. The summed E-state index contributed by atoms with van der Waals surface area (Å²) in [5, 5.41) is 0. The zero-order valence-electron chi connectivity index (χ0n) is 14.9. The summed E-state index contributed by atoms with van der Waals surface area (Å²) >= 11 is 0. The molecule has 4 aliphatic rings. The van der Waals surface area contributed by atoms with Crippen molar-refractivity contribution in [1.29, 1.82) is 0 Å². The van der Waals surface area contributed by atoms with Crippen LogP contribution in [0.25, 0.3) is 0 Å². The smallest absolute Gasteiger partial charge is 0.226 e. The quantitative estimate of drug-likeness (QED) is 0.659. The van der Waals surface area contributed by atoms with Gasteiger partial charge in [0.15, 0.2) is 0 Å². The lowest BCUT2D eigenvalue weighted by Crippen LogP contribution is -2.52. The first-order valence-electron chi connectivity index (χ1n) is 9.37. The van der Waals surface area contributed by atoms with Gasteiger partial charge < -0.3 is 24.0 Å². The standard InChI is InChI=1S/C18H30N2O4/c1-19(2)3-5-22-9-12-7-15-16(8-12)24-6-4-20(15)18(21)17-13-10-23-11-14(13)17/h12-17H,3-11H2,1-2H3/t12?,13-,14+,15?,16?,17?. The SMILES string of the molecule is CN(C)CCOCC1CC2OCCN(C(=O)C3[C@H]4COC[C@@H]34)C2C1. The topological polar surface area (TPSA) is 51.2 Å². The number of hydrogen-bond donors (Lipinski definition) is 0. The molecule has 2 aliphatic heterocycles. The molecule has 0 aromatic carbocycles. The monoisotopic (exact) mass is 338 g/mol. The number of ether oxygens (including phenoxy) is 3. The molecule has 0 aromatic heterocycles. The molecular formula is C18H30N2O4. The number of morpholine rings is 1. The molecule has 4 rings (SSSR count). The third-order valence-electron chi connectivity index (χ3n) is 6.19. The minimum atomic E-state index is 0.208. The Hall–Kier alpha value is -0.690. The average Bonchev–Trinajstić information content (AvgIpc) is 2.90. The van der Waals surface area contributed by atoms with Crippen molar-refractivity contribution >= 4 is 5.91 Å². The number of carbonyl (C=O) groups excluding carboxylic acids is 1. The maximum Gasteiger partial charge on any atom is 0.226 e. The van der Waals surface area contributed by atoms with Gasteiger partial charge in [-0.25, -0.2) is 0 Å². The third kappa shape index (κ3) is 3.21. The van der Waals surface area contributed by atoms with Crippen molar-refractivity contribution in [1.82, 2.24) is 9.80 Å². The molecule has 6 atom stereocenters. The Bertz CT molecular complexity index is 462. The van der Waals surface area contributed by atoms with Crippen LogP contribution >= 0.6 is 0 Å². The molecule has 4 fully saturated rings. The molecule has 1 amide bonds. The molecule has 4 unspecified atom stereocenters. The lowest BCUT2D eigenvalue weighted by Gasteiger charge is -2.38. The summed E-state index contributed by atoms with van der Waals surface area (Å²) in [6, 6.07) is 0.260. The van der Waals surface area contributed by atoms with Gasteiger partial charge in [-0.1, -0.05) is 0 Å². The van der Waals surface area contributed by atoms with Crippen LogP contribution in [0.4, 0.5) is 0 Å². The van der Waals surface area contributed by atoms with Crippen molar-refractivity contribution in [2.75, 3.05) is 60.2 Å². The van der Waals surface area contributed by atoms with E-state index in [1.54, 1.807) is 0 Å². The first-order chi connectivity index (χ1) is 11.6. The Morgan fingerprint density at radius 1 is 1.25 bits per heavy atom. The van der Waals surface area contributed by atoms with Gasteiger partial charge >= 0.3 is 0 Å². The van der Waals surface area contributed by atoms with Gasteiger partial charge in [0.25, 0.3) is 0 Å². The van der Waals surface area contributed by atoms with Gasteiger partial charge in [-0.3, -0.25) is 4.79 Å². The van der Waals surface area contributed by atoms with Gasteiger partial charge in [0.2, 0.25) is 5.91 Å². The number of likely N-dealkylation sites (N-methyl/N-ethyl adjacent to an activating group) is 1. The van der Waals surface area contributed by atoms with Gasteiger partial charge in [0.05, 0.1) is 38.6 Å². The van der Waals surface area contributed by atoms with Crippen molar-refractivity contribution in [3.8, 4) is 0 Å². The minimum absolute atomic E-state index is 0.208. The van der Waals surface area contributed by atoms with E-state index >= 15 is 0 Å². The Kier molecular flexibility index (Phi) is 4.82. The lowest BCUT2D eigenvalue weighted by atomic mass is 10.1. The summed E-state index contributed by atoms with van der Waals surface area (Å²) in [5.74, 6) is 2.09. The summed E-state index contributed by atoms with van der Waals surface area (Å²) in [6.45, 7) is 5.50. The molecule has 24 heavy (non-hydrogen) atoms. The average molecular weight is 338 g/mol. The Labute approximate surface area is 144 Å². The van der Waals surface area contributed by atoms with Crippen molar-refractivity contribution < 1.29 is 19.0 Å². The van der Waals surface area contributed by atoms with Crippen LogP contribution in [-0.2, 0) is 19.0 Å². The van der Waals surface area contributed by atoms with E-state index in [-0.39, 0.29) is 18.1 Å². The van der Waals surface area contributed by atoms with Gasteiger partial charge in [-0.15, -0.1) is 0 Å². The summed E-state index contributed by atoms with van der Waals surface area (Å²) < 4.78 is 17.2. The molecule has 0 radical (unpaired) electrons. The highest BCUT2D eigenvalue weighted by Crippen LogP contribution is 2.52. The van der Waals surface area contributed by atoms with Crippen molar-refractivity contribution in [3.05, 3.63) is 0 Å². The molecular weight excluding hydrogens is 308 g/mol. The van der Waals surface area contributed by atoms with Crippen molar-refractivity contribution in [2.45, 2.75) is 25.0 Å². The van der Waals surface area contributed by atoms with Crippen LogP contribution in [0, 0.1) is 23.7 Å². The van der Waals surface area contributed by atoms with Gasteiger partial charge in [-0.05, 0) is 44.7 Å². The molecule has 6 heteroatoms.